The number of aromatic amines is 1. The molecule has 0 bridgehead atoms. The summed E-state index contributed by atoms with van der Waals surface area (Å²) in [5.74, 6) is 0.344. The zero-order valence-corrected chi connectivity index (χ0v) is 11.5. The minimum atomic E-state index is -0.396. The summed E-state index contributed by atoms with van der Waals surface area (Å²) >= 11 is 0. The van der Waals surface area contributed by atoms with Crippen molar-refractivity contribution in [1.82, 2.24) is 20.5 Å². The molecule has 6 nitrogen and oxygen atoms in total. The van der Waals surface area contributed by atoms with E-state index in [0.29, 0.717) is 12.2 Å². The molecule has 1 amide bonds. The Hall–Kier alpha value is -1.72. The molecule has 1 aromatic heterocycles. The van der Waals surface area contributed by atoms with Gasteiger partial charge in [0.25, 0.3) is 5.56 Å². The van der Waals surface area contributed by atoms with Gasteiger partial charge in [-0.1, -0.05) is 27.7 Å². The molecule has 0 saturated carbocycles. The van der Waals surface area contributed by atoms with Crippen LogP contribution in [0, 0.1) is 0 Å². The Morgan fingerprint density at radius 1 is 1.39 bits per heavy atom. The Morgan fingerprint density at radius 3 is 2.39 bits per heavy atom. The number of amides is 1. The van der Waals surface area contributed by atoms with Crippen molar-refractivity contribution >= 4 is 5.91 Å². The maximum Gasteiger partial charge on any atom is 0.275 e. The van der Waals surface area contributed by atoms with Gasteiger partial charge in [0.05, 0.1) is 6.04 Å². The van der Waals surface area contributed by atoms with Crippen molar-refractivity contribution in [3.8, 4) is 0 Å². The first-order valence-corrected chi connectivity index (χ1v) is 6.00. The summed E-state index contributed by atoms with van der Waals surface area (Å²) in [5, 5.41) is 10.7. The molecule has 0 saturated heterocycles. The Balaban J connectivity index is 3.12. The smallest absolute Gasteiger partial charge is 0.275 e. The average molecular weight is 252 g/mol. The number of H-pyrrole nitrogens is 1. The Morgan fingerprint density at radius 2 is 2.00 bits per heavy atom. The third-order valence-corrected chi connectivity index (χ3v) is 2.55. The SMILES string of the molecule is CCC(NC(C)=O)c1nnc(C(C)(C)C)[nH]c1=O. The van der Waals surface area contributed by atoms with E-state index in [1.54, 1.807) is 0 Å². The lowest BCUT2D eigenvalue weighted by Gasteiger charge is -2.18. The number of aromatic nitrogens is 3. The van der Waals surface area contributed by atoms with Gasteiger partial charge in [-0.2, -0.15) is 0 Å². The quantitative estimate of drug-likeness (QED) is 0.841. The first kappa shape index (κ1) is 14.3. The van der Waals surface area contributed by atoms with Gasteiger partial charge < -0.3 is 10.3 Å². The number of nitrogens with one attached hydrogen (secondary N) is 2. The van der Waals surface area contributed by atoms with Crippen molar-refractivity contribution in [1.29, 1.82) is 0 Å². The second kappa shape index (κ2) is 5.29. The molecule has 0 aromatic carbocycles. The minimum absolute atomic E-state index is 0.192. The first-order chi connectivity index (χ1) is 8.25. The van der Waals surface area contributed by atoms with Crippen LogP contribution >= 0.6 is 0 Å². The molecule has 0 aliphatic rings. The van der Waals surface area contributed by atoms with Crippen molar-refractivity contribution in [2.75, 3.05) is 0 Å². The van der Waals surface area contributed by atoms with Gasteiger partial charge in [-0.05, 0) is 6.42 Å². The first-order valence-electron chi connectivity index (χ1n) is 6.00. The van der Waals surface area contributed by atoms with Crippen molar-refractivity contribution in [3.63, 3.8) is 0 Å². The van der Waals surface area contributed by atoms with E-state index in [-0.39, 0.29) is 22.6 Å². The van der Waals surface area contributed by atoms with E-state index in [9.17, 15) is 9.59 Å². The molecule has 0 fully saturated rings. The highest BCUT2D eigenvalue weighted by Gasteiger charge is 2.21. The molecule has 1 heterocycles. The number of nitrogens with zero attached hydrogens (tertiary/aromatic N) is 2. The zero-order valence-electron chi connectivity index (χ0n) is 11.5. The number of hydrogen-bond donors (Lipinski definition) is 2. The van der Waals surface area contributed by atoms with Crippen LogP contribution in [0.3, 0.4) is 0 Å². The molecule has 0 spiro atoms. The Labute approximate surface area is 106 Å². The molecule has 0 radical (unpaired) electrons. The fourth-order valence-corrected chi connectivity index (χ4v) is 1.52. The summed E-state index contributed by atoms with van der Waals surface area (Å²) in [6.07, 6.45) is 0.589. The van der Waals surface area contributed by atoms with E-state index < -0.39 is 6.04 Å². The molecule has 2 N–H and O–H groups in total. The van der Waals surface area contributed by atoms with Crippen LogP contribution < -0.4 is 10.9 Å². The van der Waals surface area contributed by atoms with E-state index in [1.807, 2.05) is 27.7 Å². The summed E-state index contributed by atoms with van der Waals surface area (Å²) in [6, 6.07) is -0.396. The number of carbonyl (C=O) groups excluding carboxylic acids is 1. The summed E-state index contributed by atoms with van der Waals surface area (Å²) in [6.45, 7) is 9.11. The standard InChI is InChI=1S/C12H20N4O2/c1-6-8(13-7(2)17)9-10(18)14-11(16-15-9)12(3,4)5/h8H,6H2,1-5H3,(H,13,17)(H,14,16,18). The lowest BCUT2D eigenvalue weighted by Crippen LogP contribution is -2.34. The molecular weight excluding hydrogens is 232 g/mol. The fourth-order valence-electron chi connectivity index (χ4n) is 1.52. The molecular formula is C12H20N4O2. The van der Waals surface area contributed by atoms with Crippen LogP contribution in [0.5, 0.6) is 0 Å². The number of hydrogen-bond acceptors (Lipinski definition) is 4. The van der Waals surface area contributed by atoms with Crippen LogP contribution in [0.1, 0.15) is 58.6 Å². The number of carbonyl (C=O) groups is 1. The van der Waals surface area contributed by atoms with Crippen LogP contribution in [0.25, 0.3) is 0 Å². The maximum atomic E-state index is 12.0. The lowest BCUT2D eigenvalue weighted by molar-refractivity contribution is -0.119. The summed E-state index contributed by atoms with van der Waals surface area (Å²) in [4.78, 5) is 25.7. The van der Waals surface area contributed by atoms with Crippen LogP contribution in [0.15, 0.2) is 4.79 Å². The topological polar surface area (TPSA) is 87.7 Å². The average Bonchev–Trinajstić information content (AvgIpc) is 2.24. The van der Waals surface area contributed by atoms with Gasteiger partial charge in [-0.3, -0.25) is 9.59 Å². The third-order valence-electron chi connectivity index (χ3n) is 2.55. The van der Waals surface area contributed by atoms with E-state index >= 15 is 0 Å². The van der Waals surface area contributed by atoms with E-state index in [1.165, 1.54) is 6.92 Å². The Bertz CT molecular complexity index is 488. The lowest BCUT2D eigenvalue weighted by atomic mass is 9.96. The van der Waals surface area contributed by atoms with Crippen molar-refractivity contribution in [3.05, 3.63) is 21.9 Å². The van der Waals surface area contributed by atoms with Gasteiger partial charge in [-0.25, -0.2) is 0 Å². The molecule has 1 unspecified atom stereocenters. The van der Waals surface area contributed by atoms with Gasteiger partial charge in [0.1, 0.15) is 5.82 Å². The molecule has 100 valence electrons. The van der Waals surface area contributed by atoms with Crippen molar-refractivity contribution in [2.45, 2.75) is 52.5 Å². The van der Waals surface area contributed by atoms with Crippen LogP contribution in [-0.2, 0) is 10.2 Å². The van der Waals surface area contributed by atoms with Gasteiger partial charge >= 0.3 is 0 Å². The van der Waals surface area contributed by atoms with E-state index in [2.05, 4.69) is 20.5 Å². The van der Waals surface area contributed by atoms with Crippen molar-refractivity contribution in [2.24, 2.45) is 0 Å². The third kappa shape index (κ3) is 3.38. The van der Waals surface area contributed by atoms with Crippen molar-refractivity contribution < 1.29 is 4.79 Å². The Kier molecular flexibility index (Phi) is 4.21. The predicted molar refractivity (Wildman–Crippen MR) is 68.2 cm³/mol. The molecule has 6 heteroatoms. The molecule has 1 aromatic rings. The highest BCUT2D eigenvalue weighted by atomic mass is 16.1. The van der Waals surface area contributed by atoms with Gasteiger partial charge in [0.2, 0.25) is 5.91 Å². The monoisotopic (exact) mass is 252 g/mol. The molecule has 18 heavy (non-hydrogen) atoms. The minimum Gasteiger partial charge on any atom is -0.348 e. The molecule has 1 rings (SSSR count). The largest absolute Gasteiger partial charge is 0.348 e. The summed E-state index contributed by atoms with van der Waals surface area (Å²) < 4.78 is 0. The summed E-state index contributed by atoms with van der Waals surface area (Å²) in [7, 11) is 0. The fraction of sp³-hybridized carbons (Fsp3) is 0.667. The number of rotatable bonds is 3. The van der Waals surface area contributed by atoms with E-state index in [4.69, 9.17) is 0 Å². The van der Waals surface area contributed by atoms with E-state index in [0.717, 1.165) is 0 Å². The second-order valence-electron chi connectivity index (χ2n) is 5.30. The predicted octanol–water partition coefficient (Wildman–Crippen LogP) is 1.05. The van der Waals surface area contributed by atoms with Crippen LogP contribution in [0.2, 0.25) is 0 Å². The van der Waals surface area contributed by atoms with Gasteiger partial charge in [0.15, 0.2) is 5.69 Å². The van der Waals surface area contributed by atoms with Gasteiger partial charge in [0, 0.05) is 12.3 Å². The van der Waals surface area contributed by atoms with Gasteiger partial charge in [-0.15, -0.1) is 10.2 Å². The second-order valence-corrected chi connectivity index (χ2v) is 5.30. The van der Waals surface area contributed by atoms with Crippen LogP contribution in [-0.4, -0.2) is 21.1 Å². The molecule has 1 atom stereocenters. The van der Waals surface area contributed by atoms with Crippen LogP contribution in [0.4, 0.5) is 0 Å². The summed E-state index contributed by atoms with van der Waals surface area (Å²) in [5.41, 5.74) is -0.309. The normalized spacial score (nSPS) is 13.2. The highest BCUT2D eigenvalue weighted by Crippen LogP contribution is 2.16. The molecule has 0 aliphatic heterocycles. The zero-order chi connectivity index (χ0) is 13.9. The highest BCUT2D eigenvalue weighted by molar-refractivity contribution is 5.73. The molecule has 0 aliphatic carbocycles. The maximum absolute atomic E-state index is 12.0.